The molecule has 0 fully saturated rings. The third kappa shape index (κ3) is 1.86. The Morgan fingerprint density at radius 2 is 1.79 bits per heavy atom. The lowest BCUT2D eigenvalue weighted by atomic mass is 9.92. The Labute approximate surface area is 112 Å². The lowest BCUT2D eigenvalue weighted by molar-refractivity contribution is 0.456. The molecule has 0 unspecified atom stereocenters. The summed E-state index contributed by atoms with van der Waals surface area (Å²) in [6.07, 6.45) is 3.90. The number of rotatable bonds is 1. The highest BCUT2D eigenvalue weighted by Crippen LogP contribution is 2.34. The van der Waals surface area contributed by atoms with Gasteiger partial charge in [-0.3, -0.25) is 4.79 Å². The summed E-state index contributed by atoms with van der Waals surface area (Å²) in [4.78, 5) is 12.5. The van der Waals surface area contributed by atoms with Crippen molar-refractivity contribution in [2.45, 2.75) is 25.7 Å². The number of hydrogen-bond donors (Lipinski definition) is 1. The topological polar surface area (TPSA) is 42.2 Å². The molecule has 1 aromatic heterocycles. The maximum Gasteiger partial charge on any atom is 0.262 e. The lowest BCUT2D eigenvalue weighted by Gasteiger charge is -2.22. The molecular weight excluding hydrogens is 238 g/mol. The van der Waals surface area contributed by atoms with Crippen LogP contribution in [0, 0.1) is 0 Å². The molecular formula is C16H17NO2. The third-order valence-electron chi connectivity index (χ3n) is 3.95. The molecule has 1 aromatic carbocycles. The number of pyridine rings is 1. The zero-order chi connectivity index (χ0) is 13.4. The molecule has 0 aliphatic heterocycles. The summed E-state index contributed by atoms with van der Waals surface area (Å²) in [6.45, 7) is 0. The minimum Gasteiger partial charge on any atom is -0.507 e. The standard InChI is InChI=1S/C16H17NO2/c1-17-13-10-6-5-9-12(13)15(18)14(16(17)19)11-7-3-2-4-8-11/h2-4,7-8,18H,5-6,9-10H2,1H3. The van der Waals surface area contributed by atoms with E-state index < -0.39 is 0 Å². The molecule has 0 spiro atoms. The van der Waals surface area contributed by atoms with Gasteiger partial charge in [-0.2, -0.15) is 0 Å². The van der Waals surface area contributed by atoms with Crippen LogP contribution < -0.4 is 5.56 Å². The van der Waals surface area contributed by atoms with Crippen LogP contribution in [0.2, 0.25) is 0 Å². The van der Waals surface area contributed by atoms with Crippen LogP contribution >= 0.6 is 0 Å². The van der Waals surface area contributed by atoms with E-state index in [0.717, 1.165) is 42.5 Å². The predicted octanol–water partition coefficient (Wildman–Crippen LogP) is 2.64. The van der Waals surface area contributed by atoms with Gasteiger partial charge in [0, 0.05) is 18.3 Å². The summed E-state index contributed by atoms with van der Waals surface area (Å²) in [6, 6.07) is 9.40. The van der Waals surface area contributed by atoms with Gasteiger partial charge >= 0.3 is 0 Å². The van der Waals surface area contributed by atoms with E-state index in [1.165, 1.54) is 0 Å². The first-order valence-corrected chi connectivity index (χ1v) is 6.69. The van der Waals surface area contributed by atoms with E-state index in [1.807, 2.05) is 30.3 Å². The summed E-state index contributed by atoms with van der Waals surface area (Å²) in [5.41, 5.74) is 3.06. The smallest absolute Gasteiger partial charge is 0.262 e. The van der Waals surface area contributed by atoms with Crippen molar-refractivity contribution in [3.8, 4) is 16.9 Å². The molecule has 3 rings (SSSR count). The van der Waals surface area contributed by atoms with Gasteiger partial charge in [0.2, 0.25) is 0 Å². The van der Waals surface area contributed by atoms with Gasteiger partial charge in [-0.25, -0.2) is 0 Å². The number of aromatic nitrogens is 1. The third-order valence-corrected chi connectivity index (χ3v) is 3.95. The molecule has 19 heavy (non-hydrogen) atoms. The Bertz CT molecular complexity index is 671. The first-order chi connectivity index (χ1) is 9.20. The zero-order valence-electron chi connectivity index (χ0n) is 11.0. The van der Waals surface area contributed by atoms with Crippen molar-refractivity contribution in [3.05, 3.63) is 51.9 Å². The molecule has 0 saturated heterocycles. The van der Waals surface area contributed by atoms with Crippen LogP contribution in [0.15, 0.2) is 35.1 Å². The number of benzene rings is 1. The van der Waals surface area contributed by atoms with E-state index in [1.54, 1.807) is 11.6 Å². The average molecular weight is 255 g/mol. The molecule has 0 saturated carbocycles. The molecule has 2 aromatic rings. The van der Waals surface area contributed by atoms with E-state index in [-0.39, 0.29) is 11.3 Å². The fraction of sp³-hybridized carbons (Fsp3) is 0.312. The van der Waals surface area contributed by atoms with Crippen molar-refractivity contribution in [3.63, 3.8) is 0 Å². The Hall–Kier alpha value is -2.03. The normalized spacial score (nSPS) is 14.2. The monoisotopic (exact) mass is 255 g/mol. The van der Waals surface area contributed by atoms with Crippen LogP contribution in [-0.2, 0) is 19.9 Å². The molecule has 1 aliphatic carbocycles. The van der Waals surface area contributed by atoms with E-state index in [4.69, 9.17) is 0 Å². The van der Waals surface area contributed by atoms with E-state index >= 15 is 0 Å². The highest BCUT2D eigenvalue weighted by atomic mass is 16.3. The van der Waals surface area contributed by atoms with Crippen LogP contribution in [0.25, 0.3) is 11.1 Å². The predicted molar refractivity (Wildman–Crippen MR) is 75.4 cm³/mol. The minimum absolute atomic E-state index is 0.107. The van der Waals surface area contributed by atoms with Gasteiger partial charge in [-0.1, -0.05) is 30.3 Å². The molecule has 1 N–H and O–H groups in total. The van der Waals surface area contributed by atoms with Gasteiger partial charge in [0.05, 0.1) is 5.56 Å². The SMILES string of the molecule is Cn1c2c(c(O)c(-c3ccccc3)c1=O)CCCC2. The van der Waals surface area contributed by atoms with E-state index in [0.29, 0.717) is 5.56 Å². The maximum atomic E-state index is 12.5. The maximum absolute atomic E-state index is 12.5. The van der Waals surface area contributed by atoms with Gasteiger partial charge in [0.15, 0.2) is 0 Å². The van der Waals surface area contributed by atoms with Crippen LogP contribution in [-0.4, -0.2) is 9.67 Å². The number of hydrogen-bond acceptors (Lipinski definition) is 2. The molecule has 3 nitrogen and oxygen atoms in total. The second-order valence-electron chi connectivity index (χ2n) is 5.09. The molecule has 98 valence electrons. The van der Waals surface area contributed by atoms with Gasteiger partial charge < -0.3 is 9.67 Å². The first kappa shape index (κ1) is 12.0. The largest absolute Gasteiger partial charge is 0.507 e. The molecule has 0 bridgehead atoms. The summed E-state index contributed by atoms with van der Waals surface area (Å²) in [5, 5.41) is 10.5. The number of fused-ring (bicyclic) bond motifs is 1. The molecule has 1 aliphatic rings. The fourth-order valence-electron chi connectivity index (χ4n) is 2.92. The van der Waals surface area contributed by atoms with Gasteiger partial charge in [0.1, 0.15) is 5.75 Å². The Balaban J connectivity index is 2.32. The van der Waals surface area contributed by atoms with Crippen molar-refractivity contribution in [1.29, 1.82) is 0 Å². The van der Waals surface area contributed by atoms with E-state index in [9.17, 15) is 9.90 Å². The van der Waals surface area contributed by atoms with Gasteiger partial charge in [-0.05, 0) is 31.2 Å². The van der Waals surface area contributed by atoms with Crippen LogP contribution in [0.3, 0.4) is 0 Å². The second-order valence-corrected chi connectivity index (χ2v) is 5.09. The highest BCUT2D eigenvalue weighted by Gasteiger charge is 2.22. The number of aromatic hydroxyl groups is 1. The Morgan fingerprint density at radius 1 is 1.11 bits per heavy atom. The van der Waals surface area contributed by atoms with Crippen LogP contribution in [0.4, 0.5) is 0 Å². The summed E-state index contributed by atoms with van der Waals surface area (Å²) < 4.78 is 1.70. The average Bonchev–Trinajstić information content (AvgIpc) is 2.46. The summed E-state index contributed by atoms with van der Waals surface area (Å²) in [7, 11) is 1.80. The summed E-state index contributed by atoms with van der Waals surface area (Å²) in [5.74, 6) is 0.184. The lowest BCUT2D eigenvalue weighted by Crippen LogP contribution is -2.25. The van der Waals surface area contributed by atoms with Gasteiger partial charge in [0.25, 0.3) is 5.56 Å². The van der Waals surface area contributed by atoms with Crippen LogP contribution in [0.1, 0.15) is 24.1 Å². The fourth-order valence-corrected chi connectivity index (χ4v) is 2.92. The van der Waals surface area contributed by atoms with Crippen molar-refractivity contribution in [2.24, 2.45) is 7.05 Å². The summed E-state index contributed by atoms with van der Waals surface area (Å²) >= 11 is 0. The molecule has 1 heterocycles. The quantitative estimate of drug-likeness (QED) is 0.851. The zero-order valence-corrected chi connectivity index (χ0v) is 11.0. The first-order valence-electron chi connectivity index (χ1n) is 6.69. The minimum atomic E-state index is -0.107. The molecule has 0 radical (unpaired) electrons. The number of nitrogens with zero attached hydrogens (tertiary/aromatic N) is 1. The molecule has 3 heteroatoms. The van der Waals surface area contributed by atoms with Crippen molar-refractivity contribution < 1.29 is 5.11 Å². The highest BCUT2D eigenvalue weighted by molar-refractivity contribution is 5.71. The molecule has 0 atom stereocenters. The van der Waals surface area contributed by atoms with Gasteiger partial charge in [-0.15, -0.1) is 0 Å². The Morgan fingerprint density at radius 3 is 2.53 bits per heavy atom. The second kappa shape index (κ2) is 4.57. The van der Waals surface area contributed by atoms with Crippen molar-refractivity contribution >= 4 is 0 Å². The molecule has 0 amide bonds. The van der Waals surface area contributed by atoms with Crippen LogP contribution in [0.5, 0.6) is 5.75 Å². The van der Waals surface area contributed by atoms with E-state index in [2.05, 4.69) is 0 Å². The van der Waals surface area contributed by atoms with Crippen molar-refractivity contribution in [2.75, 3.05) is 0 Å². The Kier molecular flexibility index (Phi) is 2.90. The van der Waals surface area contributed by atoms with Crippen molar-refractivity contribution in [1.82, 2.24) is 4.57 Å².